The number of amides is 1. The number of fused-ring (bicyclic) bond motifs is 1. The fraction of sp³-hybridized carbons (Fsp3) is 0.632. The second-order valence-corrected chi connectivity index (χ2v) is 7.22. The summed E-state index contributed by atoms with van der Waals surface area (Å²) in [5, 5.41) is 3.42. The summed E-state index contributed by atoms with van der Waals surface area (Å²) >= 11 is 0. The fourth-order valence-corrected chi connectivity index (χ4v) is 3.84. The lowest BCUT2D eigenvalue weighted by atomic mass is 9.94. The molecule has 126 valence electrons. The van der Waals surface area contributed by atoms with Crippen LogP contribution in [0.15, 0.2) is 24.3 Å². The second kappa shape index (κ2) is 7.02. The molecule has 0 saturated carbocycles. The molecule has 3 rings (SSSR count). The van der Waals surface area contributed by atoms with Gasteiger partial charge in [-0.25, -0.2) is 0 Å². The third-order valence-corrected chi connectivity index (χ3v) is 5.50. The number of carbonyl (C=O) groups excluding carboxylic acids is 1. The van der Waals surface area contributed by atoms with Crippen LogP contribution in [0.4, 0.5) is 0 Å². The van der Waals surface area contributed by atoms with Crippen LogP contribution in [0.1, 0.15) is 37.8 Å². The van der Waals surface area contributed by atoms with Crippen LogP contribution >= 0.6 is 0 Å². The molecule has 4 heteroatoms. The Hall–Kier alpha value is -1.39. The molecule has 1 fully saturated rings. The zero-order valence-corrected chi connectivity index (χ0v) is 14.6. The van der Waals surface area contributed by atoms with Crippen molar-refractivity contribution in [2.45, 2.75) is 57.8 Å². The van der Waals surface area contributed by atoms with Gasteiger partial charge in [-0.2, -0.15) is 0 Å². The topological polar surface area (TPSA) is 35.6 Å². The first-order chi connectivity index (χ1) is 11.1. The van der Waals surface area contributed by atoms with Gasteiger partial charge in [-0.05, 0) is 44.2 Å². The van der Waals surface area contributed by atoms with Crippen molar-refractivity contribution in [3.8, 4) is 0 Å². The van der Waals surface area contributed by atoms with Gasteiger partial charge in [0.2, 0.25) is 5.91 Å². The number of piperidine rings is 1. The summed E-state index contributed by atoms with van der Waals surface area (Å²) in [6.45, 7) is 7.49. The average molecular weight is 315 g/mol. The highest BCUT2D eigenvalue weighted by Crippen LogP contribution is 2.21. The molecule has 1 N–H and O–H groups in total. The number of benzene rings is 1. The fourth-order valence-electron chi connectivity index (χ4n) is 3.84. The van der Waals surface area contributed by atoms with Crippen molar-refractivity contribution in [1.82, 2.24) is 15.1 Å². The highest BCUT2D eigenvalue weighted by atomic mass is 16.2. The van der Waals surface area contributed by atoms with E-state index in [1.807, 2.05) is 11.9 Å². The van der Waals surface area contributed by atoms with E-state index in [0.717, 1.165) is 38.9 Å². The van der Waals surface area contributed by atoms with Crippen LogP contribution in [-0.2, 0) is 17.8 Å². The molecule has 2 heterocycles. The first-order valence-corrected chi connectivity index (χ1v) is 8.87. The number of nitrogens with one attached hydrogen (secondary N) is 1. The first-order valence-electron chi connectivity index (χ1n) is 8.87. The summed E-state index contributed by atoms with van der Waals surface area (Å²) in [4.78, 5) is 17.4. The Bertz CT molecular complexity index is 549. The minimum atomic E-state index is -0.0713. The standard InChI is InChI=1S/C19H29N3O/c1-14(2)22-10-8-17(9-11-22)21(3)19(23)18-12-15-6-4-5-7-16(15)13-20-18/h4-7,14,17-18,20H,8-13H2,1-3H3. The average Bonchev–Trinajstić information content (AvgIpc) is 2.60. The predicted molar refractivity (Wildman–Crippen MR) is 93.3 cm³/mol. The van der Waals surface area contributed by atoms with E-state index in [4.69, 9.17) is 0 Å². The Balaban J connectivity index is 1.58. The number of likely N-dealkylation sites (tertiary alicyclic amines) is 1. The van der Waals surface area contributed by atoms with Gasteiger partial charge in [0.05, 0.1) is 6.04 Å². The zero-order chi connectivity index (χ0) is 16.4. The van der Waals surface area contributed by atoms with E-state index >= 15 is 0 Å². The monoisotopic (exact) mass is 315 g/mol. The molecule has 1 unspecified atom stereocenters. The van der Waals surface area contributed by atoms with Gasteiger partial charge < -0.3 is 15.1 Å². The molecule has 23 heavy (non-hydrogen) atoms. The van der Waals surface area contributed by atoms with Crippen molar-refractivity contribution in [1.29, 1.82) is 0 Å². The molecule has 1 amide bonds. The Morgan fingerprint density at radius 3 is 2.52 bits per heavy atom. The number of hydrogen-bond donors (Lipinski definition) is 1. The van der Waals surface area contributed by atoms with E-state index in [-0.39, 0.29) is 11.9 Å². The maximum atomic E-state index is 12.9. The predicted octanol–water partition coefficient (Wildman–Crippen LogP) is 2.03. The van der Waals surface area contributed by atoms with Crippen LogP contribution in [0.25, 0.3) is 0 Å². The highest BCUT2D eigenvalue weighted by Gasteiger charge is 2.31. The molecule has 0 bridgehead atoms. The molecule has 1 aromatic rings. The largest absolute Gasteiger partial charge is 0.341 e. The van der Waals surface area contributed by atoms with Gasteiger partial charge in [0.25, 0.3) is 0 Å². The Kier molecular flexibility index (Phi) is 5.02. The maximum Gasteiger partial charge on any atom is 0.240 e. The van der Waals surface area contributed by atoms with Crippen LogP contribution in [0.5, 0.6) is 0 Å². The van der Waals surface area contributed by atoms with E-state index in [1.54, 1.807) is 0 Å². The van der Waals surface area contributed by atoms with E-state index in [0.29, 0.717) is 12.1 Å². The third kappa shape index (κ3) is 3.59. The Morgan fingerprint density at radius 1 is 1.22 bits per heavy atom. The summed E-state index contributed by atoms with van der Waals surface area (Å²) in [7, 11) is 1.99. The number of likely N-dealkylation sites (N-methyl/N-ethyl adjacent to an activating group) is 1. The molecule has 2 aliphatic rings. The van der Waals surface area contributed by atoms with Crippen molar-refractivity contribution in [2.24, 2.45) is 0 Å². The smallest absolute Gasteiger partial charge is 0.240 e. The Labute approximate surface area is 139 Å². The van der Waals surface area contributed by atoms with Gasteiger partial charge in [-0.3, -0.25) is 4.79 Å². The van der Waals surface area contributed by atoms with E-state index in [1.165, 1.54) is 11.1 Å². The minimum Gasteiger partial charge on any atom is -0.341 e. The van der Waals surface area contributed by atoms with Crippen LogP contribution in [0, 0.1) is 0 Å². The number of nitrogens with zero attached hydrogens (tertiary/aromatic N) is 2. The summed E-state index contributed by atoms with van der Waals surface area (Å²) in [6, 6.07) is 9.35. The second-order valence-electron chi connectivity index (χ2n) is 7.22. The molecule has 1 atom stereocenters. The van der Waals surface area contributed by atoms with Crippen LogP contribution < -0.4 is 5.32 Å². The van der Waals surface area contributed by atoms with Crippen molar-refractivity contribution < 1.29 is 4.79 Å². The van der Waals surface area contributed by atoms with E-state index in [2.05, 4.69) is 48.3 Å². The van der Waals surface area contributed by atoms with Gasteiger partial charge in [0.15, 0.2) is 0 Å². The molecule has 0 aliphatic carbocycles. The van der Waals surface area contributed by atoms with Crippen molar-refractivity contribution in [3.05, 3.63) is 35.4 Å². The molecule has 0 spiro atoms. The minimum absolute atomic E-state index is 0.0713. The van der Waals surface area contributed by atoms with Crippen LogP contribution in [0.2, 0.25) is 0 Å². The zero-order valence-electron chi connectivity index (χ0n) is 14.6. The van der Waals surface area contributed by atoms with Gasteiger partial charge in [0, 0.05) is 38.8 Å². The highest BCUT2D eigenvalue weighted by molar-refractivity contribution is 5.82. The number of hydrogen-bond acceptors (Lipinski definition) is 3. The van der Waals surface area contributed by atoms with Gasteiger partial charge >= 0.3 is 0 Å². The maximum absolute atomic E-state index is 12.9. The lowest BCUT2D eigenvalue weighted by molar-refractivity contribution is -0.135. The van der Waals surface area contributed by atoms with Crippen molar-refractivity contribution >= 4 is 5.91 Å². The summed E-state index contributed by atoms with van der Waals surface area (Å²) in [6.07, 6.45) is 2.98. The van der Waals surface area contributed by atoms with Crippen molar-refractivity contribution in [3.63, 3.8) is 0 Å². The first kappa shape index (κ1) is 16.5. The van der Waals surface area contributed by atoms with Gasteiger partial charge in [0.1, 0.15) is 0 Å². The molecule has 2 aliphatic heterocycles. The lowest BCUT2D eigenvalue weighted by Crippen LogP contribution is -2.53. The van der Waals surface area contributed by atoms with Gasteiger partial charge in [-0.15, -0.1) is 0 Å². The summed E-state index contributed by atoms with van der Waals surface area (Å²) in [5.41, 5.74) is 2.64. The van der Waals surface area contributed by atoms with Gasteiger partial charge in [-0.1, -0.05) is 24.3 Å². The molecular formula is C19H29N3O. The molecule has 0 radical (unpaired) electrons. The quantitative estimate of drug-likeness (QED) is 0.927. The molecule has 1 saturated heterocycles. The SMILES string of the molecule is CC(C)N1CCC(N(C)C(=O)C2Cc3ccccc3CN2)CC1. The Morgan fingerprint density at radius 2 is 1.87 bits per heavy atom. The van der Waals surface area contributed by atoms with Crippen molar-refractivity contribution in [2.75, 3.05) is 20.1 Å². The third-order valence-electron chi connectivity index (χ3n) is 5.50. The molecule has 1 aromatic carbocycles. The number of rotatable bonds is 3. The normalized spacial score (nSPS) is 22.9. The lowest BCUT2D eigenvalue weighted by Gasteiger charge is -2.40. The van der Waals surface area contributed by atoms with Crippen LogP contribution in [-0.4, -0.2) is 54.0 Å². The van der Waals surface area contributed by atoms with E-state index < -0.39 is 0 Å². The van der Waals surface area contributed by atoms with Crippen LogP contribution in [0.3, 0.4) is 0 Å². The molecule has 4 nitrogen and oxygen atoms in total. The van der Waals surface area contributed by atoms with E-state index in [9.17, 15) is 4.79 Å². The molecule has 0 aromatic heterocycles. The number of carbonyl (C=O) groups is 1. The molecular weight excluding hydrogens is 286 g/mol. The summed E-state index contributed by atoms with van der Waals surface area (Å²) in [5.74, 6) is 0.252. The summed E-state index contributed by atoms with van der Waals surface area (Å²) < 4.78 is 0.